The normalized spacial score (nSPS) is 11.9. The summed E-state index contributed by atoms with van der Waals surface area (Å²) in [6, 6.07) is -0.713. The van der Waals surface area contributed by atoms with Crippen molar-refractivity contribution >= 4 is 21.9 Å². The predicted octanol–water partition coefficient (Wildman–Crippen LogP) is 2.63. The first-order chi connectivity index (χ1) is 6.47. The molecule has 0 heterocycles. The number of carboxylic acids is 1. The lowest BCUT2D eigenvalue weighted by Gasteiger charge is -2.07. The average Bonchev–Trinajstić information content (AvgIpc) is 2.14. The van der Waals surface area contributed by atoms with E-state index in [1.165, 1.54) is 24.6 Å². The zero-order chi connectivity index (χ0) is 11.6. The fourth-order valence-electron chi connectivity index (χ4n) is 0.630. The minimum absolute atomic E-state index is 0.0208. The molecule has 0 aliphatic heterocycles. The Kier molecular flexibility index (Phi) is 12.8. The first kappa shape index (κ1) is 16.3. The van der Waals surface area contributed by atoms with Gasteiger partial charge in [0.2, 0.25) is 0 Å². The summed E-state index contributed by atoms with van der Waals surface area (Å²) in [6.07, 6.45) is 4.02. The van der Waals surface area contributed by atoms with Gasteiger partial charge in [0.05, 0.1) is 0 Å². The quantitative estimate of drug-likeness (QED) is 0.595. The summed E-state index contributed by atoms with van der Waals surface area (Å²) in [6.45, 7) is 5.76. The summed E-state index contributed by atoms with van der Waals surface area (Å²) in [4.78, 5) is 10.0. The second-order valence-electron chi connectivity index (χ2n) is 3.50. The van der Waals surface area contributed by atoms with Gasteiger partial charge in [-0.2, -0.15) is 0 Å². The van der Waals surface area contributed by atoms with Crippen LogP contribution in [-0.2, 0) is 4.79 Å². The highest BCUT2D eigenvalue weighted by Crippen LogP contribution is 1.96. The second kappa shape index (κ2) is 11.0. The van der Waals surface area contributed by atoms with Crippen molar-refractivity contribution in [1.82, 2.24) is 0 Å². The number of aliphatic carboxylic acids is 1. The molecule has 0 aromatic rings. The van der Waals surface area contributed by atoms with Crippen LogP contribution in [0.25, 0.3) is 0 Å². The minimum atomic E-state index is -0.931. The molecule has 0 radical (unpaired) electrons. The Balaban J connectivity index is 0. The maximum absolute atomic E-state index is 10.0. The first-order valence-electron chi connectivity index (χ1n) is 5.01. The van der Waals surface area contributed by atoms with Gasteiger partial charge in [0.1, 0.15) is 6.04 Å². The number of unbranched alkanes of at least 4 members (excludes halogenated alkanes) is 2. The van der Waals surface area contributed by atoms with Crippen LogP contribution >= 0.6 is 15.9 Å². The van der Waals surface area contributed by atoms with Crippen molar-refractivity contribution < 1.29 is 9.90 Å². The lowest BCUT2D eigenvalue weighted by molar-refractivity contribution is -0.139. The van der Waals surface area contributed by atoms with Crippen molar-refractivity contribution in [2.45, 2.75) is 46.1 Å². The van der Waals surface area contributed by atoms with Crippen LogP contribution in [0.5, 0.6) is 0 Å². The van der Waals surface area contributed by atoms with Crippen molar-refractivity contribution in [3.63, 3.8) is 0 Å². The van der Waals surface area contributed by atoms with E-state index in [4.69, 9.17) is 10.8 Å². The third-order valence-corrected chi connectivity index (χ3v) is 2.30. The van der Waals surface area contributed by atoms with Crippen LogP contribution in [0.1, 0.15) is 40.0 Å². The Hall–Kier alpha value is -0.0900. The number of alkyl halides is 1. The Morgan fingerprint density at radius 1 is 1.43 bits per heavy atom. The topological polar surface area (TPSA) is 63.3 Å². The van der Waals surface area contributed by atoms with Gasteiger partial charge in [-0.15, -0.1) is 0 Å². The van der Waals surface area contributed by atoms with Crippen LogP contribution in [0.15, 0.2) is 0 Å². The van der Waals surface area contributed by atoms with E-state index in [9.17, 15) is 4.79 Å². The lowest BCUT2D eigenvalue weighted by atomic mass is 10.1. The molecule has 0 aromatic heterocycles. The molecule has 0 saturated heterocycles. The number of halogens is 1. The second-order valence-corrected chi connectivity index (χ2v) is 4.30. The molecule has 0 amide bonds. The summed E-state index contributed by atoms with van der Waals surface area (Å²) >= 11 is 3.35. The largest absolute Gasteiger partial charge is 0.480 e. The van der Waals surface area contributed by atoms with Gasteiger partial charge in [-0.1, -0.05) is 49.5 Å². The molecule has 4 heteroatoms. The molecular weight excluding hydrogens is 246 g/mol. The summed E-state index contributed by atoms with van der Waals surface area (Å²) < 4.78 is 0. The third kappa shape index (κ3) is 11.9. The van der Waals surface area contributed by atoms with Crippen LogP contribution < -0.4 is 5.73 Å². The predicted molar refractivity (Wildman–Crippen MR) is 63.8 cm³/mol. The Morgan fingerprint density at radius 2 is 1.93 bits per heavy atom. The first-order valence-corrected chi connectivity index (χ1v) is 6.13. The van der Waals surface area contributed by atoms with Crippen LogP contribution in [0.2, 0.25) is 0 Å². The van der Waals surface area contributed by atoms with Gasteiger partial charge in [-0.05, 0) is 12.3 Å². The summed E-state index contributed by atoms with van der Waals surface area (Å²) in [7, 11) is 0. The zero-order valence-electron chi connectivity index (χ0n) is 9.29. The number of carboxylic acid groups (broad SMARTS) is 1. The molecular formula is C10H22BrNO2. The zero-order valence-corrected chi connectivity index (χ0v) is 10.9. The SMILES string of the molecule is CC(C)[C@H](N)C(=O)O.CCCCCBr. The standard InChI is InChI=1S/C5H11Br.C5H11NO2/c1-2-3-4-5-6;1-3(2)4(6)5(7)8/h2-5H2,1H3;3-4H,6H2,1-2H3,(H,7,8)/t;4-/m.0/s1. The van der Waals surface area contributed by atoms with E-state index >= 15 is 0 Å². The highest BCUT2D eigenvalue weighted by molar-refractivity contribution is 9.09. The van der Waals surface area contributed by atoms with Crippen LogP contribution in [0.4, 0.5) is 0 Å². The van der Waals surface area contributed by atoms with Gasteiger partial charge in [0.25, 0.3) is 0 Å². The number of hydrogen-bond acceptors (Lipinski definition) is 2. The molecule has 0 aliphatic rings. The van der Waals surface area contributed by atoms with E-state index in [0.29, 0.717) is 0 Å². The number of hydrogen-bond donors (Lipinski definition) is 2. The van der Waals surface area contributed by atoms with Gasteiger partial charge in [-0.3, -0.25) is 4.79 Å². The smallest absolute Gasteiger partial charge is 0.320 e. The van der Waals surface area contributed by atoms with E-state index in [2.05, 4.69) is 22.9 Å². The van der Waals surface area contributed by atoms with Gasteiger partial charge < -0.3 is 10.8 Å². The number of carbonyl (C=O) groups is 1. The molecule has 0 spiro atoms. The maximum atomic E-state index is 10.0. The maximum Gasteiger partial charge on any atom is 0.320 e. The van der Waals surface area contributed by atoms with E-state index in [1.54, 1.807) is 13.8 Å². The fraction of sp³-hybridized carbons (Fsp3) is 0.900. The van der Waals surface area contributed by atoms with Gasteiger partial charge in [0.15, 0.2) is 0 Å². The molecule has 14 heavy (non-hydrogen) atoms. The van der Waals surface area contributed by atoms with Crippen molar-refractivity contribution in [2.24, 2.45) is 11.7 Å². The highest BCUT2D eigenvalue weighted by Gasteiger charge is 2.14. The summed E-state index contributed by atoms with van der Waals surface area (Å²) in [5, 5.41) is 9.39. The van der Waals surface area contributed by atoms with Crippen molar-refractivity contribution in [3.05, 3.63) is 0 Å². The molecule has 0 aliphatic carbocycles. The van der Waals surface area contributed by atoms with E-state index in [0.717, 1.165) is 0 Å². The van der Waals surface area contributed by atoms with Crippen LogP contribution in [0, 0.1) is 5.92 Å². The molecule has 0 fully saturated rings. The average molecular weight is 268 g/mol. The number of nitrogens with two attached hydrogens (primary N) is 1. The summed E-state index contributed by atoms with van der Waals surface area (Å²) in [5.41, 5.74) is 5.16. The Labute approximate surface area is 95.2 Å². The lowest BCUT2D eigenvalue weighted by Crippen LogP contribution is -2.34. The molecule has 3 nitrogen and oxygen atoms in total. The Morgan fingerprint density at radius 3 is 2.00 bits per heavy atom. The highest BCUT2D eigenvalue weighted by atomic mass is 79.9. The van der Waals surface area contributed by atoms with E-state index < -0.39 is 12.0 Å². The van der Waals surface area contributed by atoms with Crippen LogP contribution in [-0.4, -0.2) is 22.4 Å². The van der Waals surface area contributed by atoms with Gasteiger partial charge in [-0.25, -0.2) is 0 Å². The van der Waals surface area contributed by atoms with Gasteiger partial charge in [0, 0.05) is 5.33 Å². The number of rotatable bonds is 5. The van der Waals surface area contributed by atoms with Crippen LogP contribution in [0.3, 0.4) is 0 Å². The summed E-state index contributed by atoms with van der Waals surface area (Å²) in [5.74, 6) is -0.910. The molecule has 86 valence electrons. The van der Waals surface area contributed by atoms with E-state index in [1.807, 2.05) is 0 Å². The monoisotopic (exact) mass is 267 g/mol. The third-order valence-electron chi connectivity index (χ3n) is 1.74. The minimum Gasteiger partial charge on any atom is -0.480 e. The molecule has 0 bridgehead atoms. The molecule has 0 aromatic carbocycles. The molecule has 1 atom stereocenters. The molecule has 0 unspecified atom stereocenters. The Bertz CT molecular complexity index is 136. The van der Waals surface area contributed by atoms with Crippen molar-refractivity contribution in [1.29, 1.82) is 0 Å². The van der Waals surface area contributed by atoms with Crippen molar-refractivity contribution in [3.8, 4) is 0 Å². The molecule has 0 rings (SSSR count). The molecule has 0 saturated carbocycles. The van der Waals surface area contributed by atoms with Crippen molar-refractivity contribution in [2.75, 3.05) is 5.33 Å². The van der Waals surface area contributed by atoms with E-state index in [-0.39, 0.29) is 5.92 Å². The van der Waals surface area contributed by atoms with Gasteiger partial charge >= 0.3 is 5.97 Å². The fourth-order valence-corrected chi connectivity index (χ4v) is 1.03. The molecule has 3 N–H and O–H groups in total.